The third-order valence-electron chi connectivity index (χ3n) is 1.47. The molecule has 92 valence electrons. The van der Waals surface area contributed by atoms with E-state index in [1.54, 1.807) is 6.07 Å². The second kappa shape index (κ2) is 14.8. The molecule has 0 saturated carbocycles. The van der Waals surface area contributed by atoms with Gasteiger partial charge in [0.15, 0.2) is 11.5 Å². The Labute approximate surface area is 177 Å². The largest absolute Gasteiger partial charge is 1.00 e. The summed E-state index contributed by atoms with van der Waals surface area (Å²) in [6.07, 6.45) is 0.716. The fourth-order valence-corrected chi connectivity index (χ4v) is 0.891. The zero-order valence-electron chi connectivity index (χ0n) is 11.2. The molecule has 7 nitrogen and oxygen atoms in total. The van der Waals surface area contributed by atoms with Crippen LogP contribution in [0.5, 0.6) is 11.5 Å². The predicted octanol–water partition coefficient (Wildman–Crippen LogP) is -11.2. The topological polar surface area (TPSA) is 153 Å². The molecule has 0 bridgehead atoms. The van der Waals surface area contributed by atoms with Crippen LogP contribution < -0.4 is 109 Å². The Hall–Kier alpha value is 1.89. The summed E-state index contributed by atoms with van der Waals surface area (Å²) in [5, 5.41) is 18.0. The van der Waals surface area contributed by atoms with E-state index < -0.39 is 7.82 Å². The first-order valence-electron chi connectivity index (χ1n) is 4.18. The molecule has 1 aromatic carbocycles. The SMILES string of the molecule is NCCc1ccc(O)c(O)c1.O=P([O-])([O-])[O-].[Na+].[Na+].[Na+]. The van der Waals surface area contributed by atoms with Crippen molar-refractivity contribution in [1.82, 2.24) is 0 Å². The van der Waals surface area contributed by atoms with E-state index >= 15 is 0 Å². The first kappa shape index (κ1) is 29.0. The van der Waals surface area contributed by atoms with Crippen LogP contribution in [0.4, 0.5) is 0 Å². The molecule has 0 aliphatic carbocycles. The number of phosphoric acid groups is 1. The van der Waals surface area contributed by atoms with E-state index in [0.717, 1.165) is 5.56 Å². The Morgan fingerprint density at radius 3 is 1.79 bits per heavy atom. The molecule has 0 aromatic heterocycles. The molecular formula is C8H11NNa3O6P. The molecule has 1 aromatic rings. The predicted molar refractivity (Wildman–Crippen MR) is 50.1 cm³/mol. The molecule has 0 aliphatic rings. The average molecular weight is 317 g/mol. The van der Waals surface area contributed by atoms with Crippen molar-refractivity contribution in [2.45, 2.75) is 6.42 Å². The standard InChI is InChI=1S/C8H11NO2.3Na.H3O4P/c9-4-3-6-1-2-7(10)8(11)5-6;;;;1-5(2,3)4/h1-2,5,10-11H,3-4,9H2;;;;(H3,1,2,3,4)/q;3*+1;/p-3. The Morgan fingerprint density at radius 2 is 1.47 bits per heavy atom. The van der Waals surface area contributed by atoms with Gasteiger partial charge in [0, 0.05) is 0 Å². The Balaban J connectivity index is -0.000000125. The molecule has 0 atom stereocenters. The summed E-state index contributed by atoms with van der Waals surface area (Å²) in [7, 11) is -5.39. The molecule has 0 spiro atoms. The van der Waals surface area contributed by atoms with Crippen LogP contribution in [-0.2, 0) is 11.0 Å². The van der Waals surface area contributed by atoms with Crippen molar-refractivity contribution >= 4 is 7.82 Å². The van der Waals surface area contributed by atoms with E-state index in [-0.39, 0.29) is 100 Å². The van der Waals surface area contributed by atoms with Gasteiger partial charge in [-0.15, -0.1) is 0 Å². The van der Waals surface area contributed by atoms with Crippen LogP contribution in [0.1, 0.15) is 5.56 Å². The van der Waals surface area contributed by atoms with E-state index in [1.807, 2.05) is 0 Å². The number of hydrogen-bond donors (Lipinski definition) is 3. The first-order valence-corrected chi connectivity index (χ1v) is 5.64. The molecule has 0 saturated heterocycles. The molecule has 19 heavy (non-hydrogen) atoms. The number of hydrogen-bond acceptors (Lipinski definition) is 7. The van der Waals surface area contributed by atoms with Crippen molar-refractivity contribution < 1.29 is 118 Å². The average Bonchev–Trinajstić information content (AvgIpc) is 2.09. The fourth-order valence-electron chi connectivity index (χ4n) is 0.891. The molecule has 0 unspecified atom stereocenters. The maximum Gasteiger partial charge on any atom is 1.00 e. The van der Waals surface area contributed by atoms with Gasteiger partial charge in [-0.1, -0.05) is 6.07 Å². The fraction of sp³-hybridized carbons (Fsp3) is 0.250. The summed E-state index contributed by atoms with van der Waals surface area (Å²) in [6.45, 7) is 0.546. The van der Waals surface area contributed by atoms with E-state index in [2.05, 4.69) is 0 Å². The number of aromatic hydroxyl groups is 2. The summed E-state index contributed by atoms with van der Waals surface area (Å²) in [5.74, 6) is -0.179. The van der Waals surface area contributed by atoms with Crippen LogP contribution in [0.2, 0.25) is 0 Å². The zero-order chi connectivity index (χ0) is 12.8. The van der Waals surface area contributed by atoms with Crippen LogP contribution in [0, 0.1) is 0 Å². The summed E-state index contributed by atoms with van der Waals surface area (Å²) in [4.78, 5) is 25.6. The maximum absolute atomic E-state index is 9.04. The van der Waals surface area contributed by atoms with Crippen LogP contribution in [0.3, 0.4) is 0 Å². The Morgan fingerprint density at radius 1 is 1.05 bits per heavy atom. The summed E-state index contributed by atoms with van der Waals surface area (Å²) < 4.78 is 8.55. The minimum atomic E-state index is -5.39. The van der Waals surface area contributed by atoms with Crippen LogP contribution in [-0.4, -0.2) is 16.8 Å². The second-order valence-corrected chi connectivity index (χ2v) is 3.70. The minimum Gasteiger partial charge on any atom is -0.822 e. The summed E-state index contributed by atoms with van der Waals surface area (Å²) in [6, 6.07) is 4.71. The minimum absolute atomic E-state index is 0. The van der Waals surface area contributed by atoms with Crippen molar-refractivity contribution in [1.29, 1.82) is 0 Å². The molecule has 1 rings (SSSR count). The van der Waals surface area contributed by atoms with Gasteiger partial charge in [0.05, 0.1) is 0 Å². The van der Waals surface area contributed by atoms with Crippen LogP contribution in [0.15, 0.2) is 18.2 Å². The van der Waals surface area contributed by atoms with Gasteiger partial charge in [-0.3, -0.25) is 0 Å². The number of rotatable bonds is 2. The van der Waals surface area contributed by atoms with Gasteiger partial charge in [-0.2, -0.15) is 7.82 Å². The van der Waals surface area contributed by atoms with E-state index in [0.29, 0.717) is 13.0 Å². The number of phenolic OH excluding ortho intramolecular Hbond substituents is 2. The van der Waals surface area contributed by atoms with E-state index in [4.69, 9.17) is 35.2 Å². The Kier molecular flexibility index (Phi) is 22.6. The molecule has 0 amide bonds. The van der Waals surface area contributed by atoms with Gasteiger partial charge >= 0.3 is 88.7 Å². The quantitative estimate of drug-likeness (QED) is 0.278. The summed E-state index contributed by atoms with van der Waals surface area (Å²) >= 11 is 0. The zero-order valence-corrected chi connectivity index (χ0v) is 18.1. The molecule has 0 aliphatic heterocycles. The molecule has 0 fully saturated rings. The number of phenols is 2. The van der Waals surface area contributed by atoms with Gasteiger partial charge in [0.1, 0.15) is 0 Å². The maximum atomic E-state index is 9.04. The van der Waals surface area contributed by atoms with Gasteiger partial charge < -0.3 is 35.2 Å². The third kappa shape index (κ3) is 19.9. The van der Waals surface area contributed by atoms with E-state index in [9.17, 15) is 0 Å². The smallest absolute Gasteiger partial charge is 0.822 e. The van der Waals surface area contributed by atoms with E-state index in [1.165, 1.54) is 12.1 Å². The number of benzene rings is 1. The molecular weight excluding hydrogens is 306 g/mol. The first-order chi connectivity index (χ1) is 7.24. The van der Waals surface area contributed by atoms with Gasteiger partial charge in [0.25, 0.3) is 0 Å². The normalized spacial score (nSPS) is 8.84. The van der Waals surface area contributed by atoms with Crippen molar-refractivity contribution in [3.05, 3.63) is 23.8 Å². The van der Waals surface area contributed by atoms with Gasteiger partial charge in [-0.05, 0) is 30.7 Å². The van der Waals surface area contributed by atoms with Gasteiger partial charge in [-0.25, -0.2) is 0 Å². The Bertz CT molecular complexity index is 380. The van der Waals surface area contributed by atoms with Crippen molar-refractivity contribution in [2.75, 3.05) is 6.54 Å². The molecule has 4 N–H and O–H groups in total. The van der Waals surface area contributed by atoms with Crippen LogP contribution >= 0.6 is 7.82 Å². The molecule has 0 radical (unpaired) electrons. The molecule has 0 heterocycles. The van der Waals surface area contributed by atoms with Crippen LogP contribution in [0.25, 0.3) is 0 Å². The van der Waals surface area contributed by atoms with Crippen molar-refractivity contribution in [2.24, 2.45) is 5.73 Å². The summed E-state index contributed by atoms with van der Waals surface area (Å²) in [5.41, 5.74) is 6.24. The monoisotopic (exact) mass is 317 g/mol. The third-order valence-corrected chi connectivity index (χ3v) is 1.47. The van der Waals surface area contributed by atoms with Crippen molar-refractivity contribution in [3.8, 4) is 11.5 Å². The van der Waals surface area contributed by atoms with Crippen molar-refractivity contribution in [3.63, 3.8) is 0 Å². The second-order valence-electron chi connectivity index (χ2n) is 2.81. The molecule has 11 heteroatoms. The number of nitrogens with two attached hydrogens (primary N) is 1. The van der Waals surface area contributed by atoms with Gasteiger partial charge in [0.2, 0.25) is 0 Å².